The van der Waals surface area contributed by atoms with Gasteiger partial charge in [-0.25, -0.2) is 12.8 Å². The number of anilines is 1. The molecule has 0 spiro atoms. The maximum atomic E-state index is 14.2. The van der Waals surface area contributed by atoms with Crippen LogP contribution < -0.4 is 4.72 Å². The second-order valence-corrected chi connectivity index (χ2v) is 9.22. The van der Waals surface area contributed by atoms with E-state index in [9.17, 15) is 12.8 Å². The first-order valence-electron chi connectivity index (χ1n) is 9.05. The van der Waals surface area contributed by atoms with Crippen LogP contribution in [0.3, 0.4) is 0 Å². The number of nitrogens with zero attached hydrogens (tertiary/aromatic N) is 3. The molecule has 1 aliphatic heterocycles. The smallest absolute Gasteiger partial charge is 0.264 e. The van der Waals surface area contributed by atoms with Crippen molar-refractivity contribution in [1.29, 1.82) is 0 Å². The summed E-state index contributed by atoms with van der Waals surface area (Å²) in [6.45, 7) is 0.775. The molecule has 10 heteroatoms. The van der Waals surface area contributed by atoms with Crippen LogP contribution in [-0.4, -0.2) is 23.2 Å². The van der Waals surface area contributed by atoms with Crippen LogP contribution >= 0.6 is 23.2 Å². The second-order valence-electron chi connectivity index (χ2n) is 6.75. The molecule has 1 aliphatic rings. The number of aryl methyl sites for hydroxylation is 1. The van der Waals surface area contributed by atoms with Crippen molar-refractivity contribution < 1.29 is 12.8 Å². The van der Waals surface area contributed by atoms with Gasteiger partial charge in [0.05, 0.1) is 10.0 Å². The Morgan fingerprint density at radius 1 is 1.03 bits per heavy atom. The number of hydrogen-bond acceptors (Lipinski definition) is 4. The van der Waals surface area contributed by atoms with Gasteiger partial charge in [0.1, 0.15) is 10.7 Å². The van der Waals surface area contributed by atoms with Crippen LogP contribution in [0.4, 0.5) is 10.1 Å². The van der Waals surface area contributed by atoms with Crippen LogP contribution in [0.25, 0.3) is 11.4 Å². The minimum absolute atomic E-state index is 0.231. The zero-order chi connectivity index (χ0) is 20.6. The minimum Gasteiger partial charge on any atom is -0.311 e. The van der Waals surface area contributed by atoms with Gasteiger partial charge in [-0.1, -0.05) is 35.7 Å². The van der Waals surface area contributed by atoms with E-state index < -0.39 is 20.7 Å². The van der Waals surface area contributed by atoms with Crippen LogP contribution in [0.15, 0.2) is 41.3 Å². The maximum absolute atomic E-state index is 14.2. The number of nitrogens with one attached hydrogen (secondary N) is 1. The Hall–Kier alpha value is -2.16. The monoisotopic (exact) mass is 454 g/mol. The number of rotatable bonds is 4. The van der Waals surface area contributed by atoms with Gasteiger partial charge in [-0.15, -0.1) is 10.2 Å². The Morgan fingerprint density at radius 3 is 2.69 bits per heavy atom. The third-order valence-electron chi connectivity index (χ3n) is 4.77. The number of fused-ring (bicyclic) bond motifs is 1. The second kappa shape index (κ2) is 7.93. The molecular formula is C19H17Cl2FN4O2S. The summed E-state index contributed by atoms with van der Waals surface area (Å²) in [7, 11) is -4.18. The molecule has 0 saturated carbocycles. The molecule has 0 saturated heterocycles. The molecule has 0 amide bonds. The molecule has 0 radical (unpaired) electrons. The highest BCUT2D eigenvalue weighted by Crippen LogP contribution is 2.32. The molecule has 3 aromatic rings. The summed E-state index contributed by atoms with van der Waals surface area (Å²) in [5, 5.41) is 8.67. The van der Waals surface area contributed by atoms with E-state index in [1.54, 1.807) is 12.1 Å². The van der Waals surface area contributed by atoms with E-state index >= 15 is 0 Å². The van der Waals surface area contributed by atoms with Crippen molar-refractivity contribution in [3.63, 3.8) is 0 Å². The molecular weight excluding hydrogens is 438 g/mol. The fourth-order valence-electron chi connectivity index (χ4n) is 3.35. The van der Waals surface area contributed by atoms with Gasteiger partial charge in [0, 0.05) is 24.2 Å². The topological polar surface area (TPSA) is 76.9 Å². The first-order chi connectivity index (χ1) is 13.9. The van der Waals surface area contributed by atoms with E-state index in [1.165, 1.54) is 18.2 Å². The summed E-state index contributed by atoms with van der Waals surface area (Å²) in [5.74, 6) is 0.473. The Labute approximate surface area is 177 Å². The molecule has 6 nitrogen and oxygen atoms in total. The molecule has 1 aromatic heterocycles. The Balaban J connectivity index is 1.71. The van der Waals surface area contributed by atoms with Gasteiger partial charge in [-0.2, -0.15) is 0 Å². The van der Waals surface area contributed by atoms with Crippen LogP contribution in [0.2, 0.25) is 10.0 Å². The van der Waals surface area contributed by atoms with E-state index in [-0.39, 0.29) is 10.7 Å². The number of aromatic nitrogens is 3. The fraction of sp³-hybridized carbons (Fsp3) is 0.263. The van der Waals surface area contributed by atoms with Crippen molar-refractivity contribution in [1.82, 2.24) is 14.8 Å². The average molecular weight is 455 g/mol. The molecule has 4 rings (SSSR count). The van der Waals surface area contributed by atoms with E-state index in [0.717, 1.165) is 44.1 Å². The molecule has 2 aromatic carbocycles. The SMILES string of the molecule is O=S(=O)(Nc1ccc(Cl)c(-c2nnc3n2CCCCC3)c1)c1cccc(Cl)c1F. The summed E-state index contributed by atoms with van der Waals surface area (Å²) in [4.78, 5) is -0.530. The van der Waals surface area contributed by atoms with Crippen LogP contribution in [0.5, 0.6) is 0 Å². The molecule has 0 unspecified atom stereocenters. The normalized spacial score (nSPS) is 14.3. The lowest BCUT2D eigenvalue weighted by Crippen LogP contribution is -2.15. The van der Waals surface area contributed by atoms with Gasteiger partial charge < -0.3 is 4.57 Å². The third-order valence-corrected chi connectivity index (χ3v) is 6.79. The lowest BCUT2D eigenvalue weighted by atomic mass is 10.2. The van der Waals surface area contributed by atoms with Crippen molar-refractivity contribution in [3.8, 4) is 11.4 Å². The first-order valence-corrected chi connectivity index (χ1v) is 11.3. The molecule has 0 fully saturated rings. The standard InChI is InChI=1S/C19H17Cl2FN4O2S/c20-14-9-8-12(25-29(27,28)16-6-4-5-15(21)18(16)22)11-13(14)19-24-23-17-7-2-1-3-10-26(17)19/h4-6,8-9,11,25H,1-3,7,10H2. The summed E-state index contributed by atoms with van der Waals surface area (Å²) >= 11 is 12.1. The van der Waals surface area contributed by atoms with Crippen molar-refractivity contribution in [2.24, 2.45) is 0 Å². The number of hydrogen-bond donors (Lipinski definition) is 1. The highest BCUT2D eigenvalue weighted by Gasteiger charge is 2.23. The quantitative estimate of drug-likeness (QED) is 0.606. The number of benzene rings is 2. The van der Waals surface area contributed by atoms with E-state index in [1.807, 2.05) is 4.57 Å². The van der Waals surface area contributed by atoms with Crippen molar-refractivity contribution in [2.75, 3.05) is 4.72 Å². The summed E-state index contributed by atoms with van der Waals surface area (Å²) in [6, 6.07) is 8.46. The van der Waals surface area contributed by atoms with Crippen LogP contribution in [-0.2, 0) is 23.0 Å². The van der Waals surface area contributed by atoms with Gasteiger partial charge >= 0.3 is 0 Å². The third kappa shape index (κ3) is 3.97. The summed E-state index contributed by atoms with van der Waals surface area (Å²) < 4.78 is 43.9. The average Bonchev–Trinajstić information content (AvgIpc) is 2.93. The molecule has 152 valence electrons. The summed E-state index contributed by atoms with van der Waals surface area (Å²) in [6.07, 6.45) is 4.01. The molecule has 2 heterocycles. The van der Waals surface area contributed by atoms with Crippen molar-refractivity contribution >= 4 is 38.9 Å². The molecule has 1 N–H and O–H groups in total. The zero-order valence-corrected chi connectivity index (χ0v) is 17.5. The number of halogens is 3. The van der Waals surface area contributed by atoms with E-state index in [4.69, 9.17) is 23.2 Å². The summed E-state index contributed by atoms with van der Waals surface area (Å²) in [5.41, 5.74) is 0.786. The van der Waals surface area contributed by atoms with Gasteiger partial charge in [0.15, 0.2) is 11.6 Å². The highest BCUT2D eigenvalue weighted by molar-refractivity contribution is 7.92. The van der Waals surface area contributed by atoms with Crippen molar-refractivity contribution in [2.45, 2.75) is 37.1 Å². The van der Waals surface area contributed by atoms with E-state index in [2.05, 4.69) is 14.9 Å². The fourth-order valence-corrected chi connectivity index (χ4v) is 4.93. The van der Waals surface area contributed by atoms with Crippen LogP contribution in [0.1, 0.15) is 25.1 Å². The van der Waals surface area contributed by atoms with Gasteiger partial charge in [-0.05, 0) is 43.2 Å². The lowest BCUT2D eigenvalue weighted by Gasteiger charge is -2.12. The van der Waals surface area contributed by atoms with Crippen molar-refractivity contribution in [3.05, 3.63) is 58.1 Å². The van der Waals surface area contributed by atoms with Gasteiger partial charge in [0.2, 0.25) is 0 Å². The molecule has 0 bridgehead atoms. The Kier molecular flexibility index (Phi) is 5.50. The lowest BCUT2D eigenvalue weighted by molar-refractivity contribution is 0.570. The first kappa shape index (κ1) is 20.1. The predicted molar refractivity (Wildman–Crippen MR) is 110 cm³/mol. The van der Waals surface area contributed by atoms with Gasteiger partial charge in [0.25, 0.3) is 10.0 Å². The highest BCUT2D eigenvalue weighted by atomic mass is 35.5. The van der Waals surface area contributed by atoms with Crippen LogP contribution in [0, 0.1) is 5.82 Å². The zero-order valence-electron chi connectivity index (χ0n) is 15.2. The Morgan fingerprint density at radius 2 is 1.86 bits per heavy atom. The largest absolute Gasteiger partial charge is 0.311 e. The Bertz CT molecular complexity index is 1180. The predicted octanol–water partition coefficient (Wildman–Crippen LogP) is 4.92. The molecule has 29 heavy (non-hydrogen) atoms. The number of sulfonamides is 1. The minimum atomic E-state index is -4.18. The molecule has 0 aliphatic carbocycles. The van der Waals surface area contributed by atoms with E-state index in [0.29, 0.717) is 16.4 Å². The maximum Gasteiger partial charge on any atom is 0.264 e. The van der Waals surface area contributed by atoms with Gasteiger partial charge in [-0.3, -0.25) is 4.72 Å². The molecule has 0 atom stereocenters.